The highest BCUT2D eigenvalue weighted by Gasteiger charge is 2.50. The summed E-state index contributed by atoms with van der Waals surface area (Å²) in [5.74, 6) is -4.68. The van der Waals surface area contributed by atoms with Crippen LogP contribution in [-0.2, 0) is 39.5 Å². The molecule has 0 bridgehead atoms. The SMILES string of the molecule is CC(=O)OC1COC(c2nnc(C(F)(F)F)o2)C(OC(C)=O)C1OC(C)=O. The minimum atomic E-state index is -4.90. The van der Waals surface area contributed by atoms with E-state index in [0.717, 1.165) is 20.8 Å². The van der Waals surface area contributed by atoms with Crippen LogP contribution in [0.5, 0.6) is 0 Å². The van der Waals surface area contributed by atoms with Crippen molar-refractivity contribution < 1.29 is 50.9 Å². The summed E-state index contributed by atoms with van der Waals surface area (Å²) in [7, 11) is 0. The number of nitrogens with zero attached hydrogens (tertiary/aromatic N) is 2. The summed E-state index contributed by atoms with van der Waals surface area (Å²) < 4.78 is 63.0. The Bertz CT molecular complexity index is 719. The Morgan fingerprint density at radius 3 is 2.00 bits per heavy atom. The molecule has 150 valence electrons. The van der Waals surface area contributed by atoms with E-state index in [4.69, 9.17) is 18.9 Å². The van der Waals surface area contributed by atoms with Crippen LogP contribution in [0.1, 0.15) is 38.7 Å². The fraction of sp³-hybridized carbons (Fsp3) is 0.643. The molecule has 4 atom stereocenters. The van der Waals surface area contributed by atoms with Crippen molar-refractivity contribution in [3.8, 4) is 0 Å². The topological polar surface area (TPSA) is 127 Å². The van der Waals surface area contributed by atoms with Crippen molar-refractivity contribution in [2.75, 3.05) is 6.61 Å². The molecule has 2 heterocycles. The normalized spacial score (nSPS) is 25.6. The highest BCUT2D eigenvalue weighted by Crippen LogP contribution is 2.36. The van der Waals surface area contributed by atoms with Crippen LogP contribution in [0.2, 0.25) is 0 Å². The van der Waals surface area contributed by atoms with Gasteiger partial charge in [-0.1, -0.05) is 0 Å². The summed E-state index contributed by atoms with van der Waals surface area (Å²) >= 11 is 0. The average Bonchev–Trinajstić information content (AvgIpc) is 2.99. The fourth-order valence-corrected chi connectivity index (χ4v) is 2.42. The standard InChI is InChI=1S/C14H15F3N2O8/c1-5(20)24-8-4-23-11(12-18-19-13(27-12)14(15,16)17)10(26-7(3)22)9(8)25-6(2)21/h8-11H,4H2,1-3H3. The molecule has 1 fully saturated rings. The van der Waals surface area contributed by atoms with Crippen LogP contribution in [0.4, 0.5) is 13.2 Å². The molecule has 1 aromatic rings. The zero-order valence-corrected chi connectivity index (χ0v) is 14.3. The summed E-state index contributed by atoms with van der Waals surface area (Å²) in [5.41, 5.74) is 0. The van der Waals surface area contributed by atoms with E-state index in [1.807, 2.05) is 0 Å². The number of hydrogen-bond acceptors (Lipinski definition) is 10. The Balaban J connectivity index is 2.38. The number of carbonyl (C=O) groups excluding carboxylic acids is 3. The summed E-state index contributed by atoms with van der Waals surface area (Å²) in [4.78, 5) is 34.1. The van der Waals surface area contributed by atoms with E-state index < -0.39 is 60.3 Å². The van der Waals surface area contributed by atoms with E-state index >= 15 is 0 Å². The van der Waals surface area contributed by atoms with Gasteiger partial charge in [-0.3, -0.25) is 14.4 Å². The number of rotatable bonds is 4. The molecule has 27 heavy (non-hydrogen) atoms. The lowest BCUT2D eigenvalue weighted by Crippen LogP contribution is -2.54. The minimum Gasteiger partial charge on any atom is -0.456 e. The van der Waals surface area contributed by atoms with Crippen molar-refractivity contribution in [1.82, 2.24) is 10.2 Å². The first-order chi connectivity index (χ1) is 12.5. The van der Waals surface area contributed by atoms with Crippen LogP contribution in [-0.4, -0.2) is 53.0 Å². The Kier molecular flexibility index (Phi) is 6.03. The molecular formula is C14H15F3N2O8. The van der Waals surface area contributed by atoms with Gasteiger partial charge in [-0.15, -0.1) is 10.2 Å². The molecule has 1 aromatic heterocycles. The zero-order valence-electron chi connectivity index (χ0n) is 14.3. The summed E-state index contributed by atoms with van der Waals surface area (Å²) in [6, 6.07) is 0. The van der Waals surface area contributed by atoms with Gasteiger partial charge in [0.2, 0.25) is 5.89 Å². The number of esters is 3. The van der Waals surface area contributed by atoms with Gasteiger partial charge in [0.15, 0.2) is 24.4 Å². The maximum absolute atomic E-state index is 12.7. The van der Waals surface area contributed by atoms with Gasteiger partial charge in [-0.2, -0.15) is 13.2 Å². The second-order valence-electron chi connectivity index (χ2n) is 5.49. The molecule has 0 N–H and O–H groups in total. The van der Waals surface area contributed by atoms with Crippen LogP contribution in [0.15, 0.2) is 4.42 Å². The Labute approximate surface area is 149 Å². The van der Waals surface area contributed by atoms with Crippen LogP contribution >= 0.6 is 0 Å². The molecular weight excluding hydrogens is 381 g/mol. The van der Waals surface area contributed by atoms with E-state index in [1.165, 1.54) is 0 Å². The van der Waals surface area contributed by atoms with Gasteiger partial charge in [0.1, 0.15) is 0 Å². The van der Waals surface area contributed by atoms with E-state index in [1.54, 1.807) is 0 Å². The smallest absolute Gasteiger partial charge is 0.456 e. The first-order valence-electron chi connectivity index (χ1n) is 7.53. The molecule has 0 spiro atoms. The number of aromatic nitrogens is 2. The molecule has 0 saturated carbocycles. The molecule has 13 heteroatoms. The Morgan fingerprint density at radius 2 is 1.52 bits per heavy atom. The van der Waals surface area contributed by atoms with E-state index in [9.17, 15) is 27.6 Å². The molecule has 1 aliphatic rings. The quantitative estimate of drug-likeness (QED) is 0.536. The highest BCUT2D eigenvalue weighted by atomic mass is 19.4. The van der Waals surface area contributed by atoms with Crippen LogP contribution < -0.4 is 0 Å². The lowest BCUT2D eigenvalue weighted by molar-refractivity contribution is -0.230. The maximum Gasteiger partial charge on any atom is 0.470 e. The lowest BCUT2D eigenvalue weighted by Gasteiger charge is -2.39. The second kappa shape index (κ2) is 7.90. The number of hydrogen-bond donors (Lipinski definition) is 0. The third kappa shape index (κ3) is 5.15. The average molecular weight is 396 g/mol. The molecule has 4 unspecified atom stereocenters. The largest absolute Gasteiger partial charge is 0.470 e. The Morgan fingerprint density at radius 1 is 0.963 bits per heavy atom. The zero-order chi connectivity index (χ0) is 20.4. The van der Waals surface area contributed by atoms with E-state index in [0.29, 0.717) is 0 Å². The van der Waals surface area contributed by atoms with Crippen LogP contribution in [0, 0.1) is 0 Å². The van der Waals surface area contributed by atoms with E-state index in [2.05, 4.69) is 14.6 Å². The van der Waals surface area contributed by atoms with Crippen LogP contribution in [0.3, 0.4) is 0 Å². The monoisotopic (exact) mass is 396 g/mol. The van der Waals surface area contributed by atoms with Crippen molar-refractivity contribution in [2.24, 2.45) is 0 Å². The van der Waals surface area contributed by atoms with Gasteiger partial charge in [0.05, 0.1) is 6.61 Å². The van der Waals surface area contributed by atoms with Gasteiger partial charge in [0.25, 0.3) is 0 Å². The van der Waals surface area contributed by atoms with Crippen molar-refractivity contribution in [1.29, 1.82) is 0 Å². The second-order valence-corrected chi connectivity index (χ2v) is 5.49. The van der Waals surface area contributed by atoms with Crippen LogP contribution in [0.25, 0.3) is 0 Å². The molecule has 0 aliphatic carbocycles. The fourth-order valence-electron chi connectivity index (χ4n) is 2.42. The van der Waals surface area contributed by atoms with Crippen molar-refractivity contribution in [3.63, 3.8) is 0 Å². The van der Waals surface area contributed by atoms with Gasteiger partial charge in [-0.05, 0) is 0 Å². The number of alkyl halides is 3. The first-order valence-corrected chi connectivity index (χ1v) is 7.53. The molecule has 0 amide bonds. The van der Waals surface area contributed by atoms with E-state index in [-0.39, 0.29) is 6.61 Å². The third-order valence-electron chi connectivity index (χ3n) is 3.28. The predicted molar refractivity (Wildman–Crippen MR) is 74.7 cm³/mol. The van der Waals surface area contributed by atoms with Gasteiger partial charge < -0.3 is 23.4 Å². The highest BCUT2D eigenvalue weighted by molar-refractivity contribution is 5.68. The van der Waals surface area contributed by atoms with Crippen molar-refractivity contribution in [2.45, 2.75) is 51.4 Å². The molecule has 0 radical (unpaired) electrons. The van der Waals surface area contributed by atoms with Gasteiger partial charge in [-0.25, -0.2) is 0 Å². The predicted octanol–water partition coefficient (Wildman–Crippen LogP) is 0.955. The van der Waals surface area contributed by atoms with Crippen molar-refractivity contribution >= 4 is 17.9 Å². The number of halogens is 3. The number of carbonyl (C=O) groups is 3. The molecule has 1 aliphatic heterocycles. The lowest BCUT2D eigenvalue weighted by atomic mass is 9.99. The first kappa shape index (κ1) is 20.6. The molecule has 0 aromatic carbocycles. The Hall–Kier alpha value is -2.70. The van der Waals surface area contributed by atoms with Gasteiger partial charge in [0, 0.05) is 20.8 Å². The summed E-state index contributed by atoms with van der Waals surface area (Å²) in [5, 5.41) is 6.14. The molecule has 1 saturated heterocycles. The van der Waals surface area contributed by atoms with Crippen molar-refractivity contribution in [3.05, 3.63) is 11.8 Å². The third-order valence-corrected chi connectivity index (χ3v) is 3.28. The molecule has 2 rings (SSSR count). The summed E-state index contributed by atoms with van der Waals surface area (Å²) in [6.07, 6.45) is -10.4. The summed E-state index contributed by atoms with van der Waals surface area (Å²) in [6.45, 7) is 2.77. The minimum absolute atomic E-state index is 0.385. The van der Waals surface area contributed by atoms with Gasteiger partial charge >= 0.3 is 30.0 Å². The maximum atomic E-state index is 12.7. The number of ether oxygens (including phenoxy) is 4. The molecule has 10 nitrogen and oxygen atoms in total.